The molecule has 26 heavy (non-hydrogen) atoms. The first kappa shape index (κ1) is 21.7. The van der Waals surface area contributed by atoms with E-state index in [0.717, 1.165) is 12.5 Å². The van der Waals surface area contributed by atoms with Gasteiger partial charge < -0.3 is 20.3 Å². The van der Waals surface area contributed by atoms with Gasteiger partial charge in [0.1, 0.15) is 18.2 Å². The first-order valence-electron chi connectivity index (χ1n) is 8.90. The molecule has 0 aliphatic carbocycles. The second-order valence-corrected chi connectivity index (χ2v) is 6.97. The lowest BCUT2D eigenvalue weighted by atomic mass is 9.96. The molecule has 0 heterocycles. The number of nitrogens with zero attached hydrogens (tertiary/aromatic N) is 2. The Morgan fingerprint density at radius 1 is 1.23 bits per heavy atom. The van der Waals surface area contributed by atoms with Gasteiger partial charge >= 0.3 is 0 Å². The fourth-order valence-electron chi connectivity index (χ4n) is 2.00. The predicted octanol–water partition coefficient (Wildman–Crippen LogP) is 2.26. The maximum absolute atomic E-state index is 12.9. The third-order valence-electron chi connectivity index (χ3n) is 3.55. The molecular weight excluding hydrogens is 335 g/mol. The molecule has 0 aliphatic rings. The fourth-order valence-corrected chi connectivity index (χ4v) is 2.00. The monoisotopic (exact) mass is 366 g/mol. The summed E-state index contributed by atoms with van der Waals surface area (Å²) in [6.07, 6.45) is 0. The molecule has 0 aliphatic heterocycles. The minimum atomic E-state index is -0.400. The van der Waals surface area contributed by atoms with E-state index in [1.165, 1.54) is 12.1 Å². The van der Waals surface area contributed by atoms with Crippen molar-refractivity contribution in [2.24, 2.45) is 10.4 Å². The summed E-state index contributed by atoms with van der Waals surface area (Å²) in [5.74, 6) is 1.11. The molecule has 1 aromatic rings. The van der Waals surface area contributed by atoms with Gasteiger partial charge in [-0.3, -0.25) is 9.79 Å². The lowest BCUT2D eigenvalue weighted by molar-refractivity contribution is -0.128. The lowest BCUT2D eigenvalue weighted by Gasteiger charge is -2.22. The highest BCUT2D eigenvalue weighted by Crippen LogP contribution is 2.12. The second kappa shape index (κ2) is 10.6. The Hall–Kier alpha value is -2.31. The Morgan fingerprint density at radius 3 is 2.46 bits per heavy atom. The van der Waals surface area contributed by atoms with Crippen molar-refractivity contribution in [2.45, 2.75) is 27.7 Å². The first-order valence-corrected chi connectivity index (χ1v) is 8.90. The molecule has 0 saturated heterocycles. The highest BCUT2D eigenvalue weighted by molar-refractivity contribution is 5.81. The van der Waals surface area contributed by atoms with Gasteiger partial charge in [0.15, 0.2) is 5.96 Å². The number of halogens is 1. The molecule has 0 atom stereocenters. The average molecular weight is 366 g/mol. The number of carbonyl (C=O) groups excluding carboxylic acids is 1. The summed E-state index contributed by atoms with van der Waals surface area (Å²) < 4.78 is 18.5. The number of hydrogen-bond donors (Lipinski definition) is 2. The van der Waals surface area contributed by atoms with Crippen molar-refractivity contribution in [3.63, 3.8) is 0 Å². The van der Waals surface area contributed by atoms with Crippen molar-refractivity contribution in [2.75, 3.05) is 39.8 Å². The van der Waals surface area contributed by atoms with Gasteiger partial charge in [-0.05, 0) is 31.2 Å². The third-order valence-corrected chi connectivity index (χ3v) is 3.55. The molecule has 146 valence electrons. The van der Waals surface area contributed by atoms with Gasteiger partial charge in [-0.1, -0.05) is 20.8 Å². The molecule has 0 spiro atoms. The second-order valence-electron chi connectivity index (χ2n) is 6.97. The molecule has 0 unspecified atom stereocenters. The molecule has 0 bridgehead atoms. The number of nitrogens with one attached hydrogen (secondary N) is 2. The van der Waals surface area contributed by atoms with Crippen LogP contribution in [0.25, 0.3) is 0 Å². The lowest BCUT2D eigenvalue weighted by Crippen LogP contribution is -2.41. The van der Waals surface area contributed by atoms with Crippen molar-refractivity contribution in [3.8, 4) is 5.75 Å². The van der Waals surface area contributed by atoms with Gasteiger partial charge in [-0.2, -0.15) is 0 Å². The van der Waals surface area contributed by atoms with Crippen LogP contribution in [0.15, 0.2) is 29.3 Å². The smallest absolute Gasteiger partial charge is 0.225 e. The zero-order valence-electron chi connectivity index (χ0n) is 16.4. The van der Waals surface area contributed by atoms with Gasteiger partial charge in [0.2, 0.25) is 5.91 Å². The van der Waals surface area contributed by atoms with E-state index in [0.29, 0.717) is 32.0 Å². The molecule has 1 rings (SSSR count). The standard InChI is InChI=1S/C19H31FN4O2/c1-6-21-18(23-12-11-22-17(25)19(2,3)4)24(5)13-14-26-16-9-7-15(20)8-10-16/h7-10H,6,11-14H2,1-5H3,(H,21,23)(H,22,25). The molecule has 0 radical (unpaired) electrons. The molecule has 1 amide bonds. The maximum atomic E-state index is 12.9. The molecule has 0 saturated carbocycles. The highest BCUT2D eigenvalue weighted by Gasteiger charge is 2.20. The Morgan fingerprint density at radius 2 is 1.88 bits per heavy atom. The zero-order valence-corrected chi connectivity index (χ0v) is 16.4. The SMILES string of the molecule is CCNC(=NCCNC(=O)C(C)(C)C)N(C)CCOc1ccc(F)cc1. The van der Waals surface area contributed by atoms with Gasteiger partial charge in [-0.25, -0.2) is 4.39 Å². The number of aliphatic imine (C=N–C) groups is 1. The van der Waals surface area contributed by atoms with Crippen LogP contribution in [0.3, 0.4) is 0 Å². The van der Waals surface area contributed by atoms with Crippen LogP contribution >= 0.6 is 0 Å². The third kappa shape index (κ3) is 8.18. The van der Waals surface area contributed by atoms with E-state index in [4.69, 9.17) is 4.74 Å². The van der Waals surface area contributed by atoms with Crippen LogP contribution in [0.4, 0.5) is 4.39 Å². The number of rotatable bonds is 8. The normalized spacial score (nSPS) is 11.8. The Labute approximate surface area is 155 Å². The van der Waals surface area contributed by atoms with Crippen LogP contribution in [-0.2, 0) is 4.79 Å². The Kier molecular flexibility index (Phi) is 8.88. The van der Waals surface area contributed by atoms with E-state index in [1.54, 1.807) is 12.1 Å². The van der Waals surface area contributed by atoms with Gasteiger partial charge in [0.25, 0.3) is 0 Å². The topological polar surface area (TPSA) is 66.0 Å². The molecule has 6 nitrogen and oxygen atoms in total. The molecule has 0 aromatic heterocycles. The van der Waals surface area contributed by atoms with E-state index in [-0.39, 0.29) is 11.7 Å². The quantitative estimate of drug-likeness (QED) is 0.421. The summed E-state index contributed by atoms with van der Waals surface area (Å²) in [6, 6.07) is 5.95. The molecular formula is C19H31FN4O2. The van der Waals surface area contributed by atoms with Crippen LogP contribution in [0, 0.1) is 11.2 Å². The number of amides is 1. The molecule has 1 aromatic carbocycles. The van der Waals surface area contributed by atoms with Crippen molar-refractivity contribution < 1.29 is 13.9 Å². The van der Waals surface area contributed by atoms with Crippen molar-refractivity contribution in [1.82, 2.24) is 15.5 Å². The number of ether oxygens (including phenoxy) is 1. The maximum Gasteiger partial charge on any atom is 0.225 e. The Bertz CT molecular complexity index is 582. The van der Waals surface area contributed by atoms with Crippen LogP contribution < -0.4 is 15.4 Å². The Balaban J connectivity index is 2.43. The average Bonchev–Trinajstić information content (AvgIpc) is 2.58. The highest BCUT2D eigenvalue weighted by atomic mass is 19.1. The number of hydrogen-bond acceptors (Lipinski definition) is 3. The number of benzene rings is 1. The van der Waals surface area contributed by atoms with E-state index < -0.39 is 5.41 Å². The number of likely N-dealkylation sites (N-methyl/N-ethyl adjacent to an activating group) is 1. The zero-order chi connectivity index (χ0) is 19.6. The fraction of sp³-hybridized carbons (Fsp3) is 0.579. The van der Waals surface area contributed by atoms with Crippen LogP contribution in [0.1, 0.15) is 27.7 Å². The summed E-state index contributed by atoms with van der Waals surface area (Å²) in [5.41, 5.74) is -0.400. The minimum Gasteiger partial charge on any atom is -0.492 e. The summed E-state index contributed by atoms with van der Waals surface area (Å²) in [6.45, 7) is 10.4. The summed E-state index contributed by atoms with van der Waals surface area (Å²) in [4.78, 5) is 18.3. The van der Waals surface area contributed by atoms with Crippen LogP contribution in [0.5, 0.6) is 5.75 Å². The van der Waals surface area contributed by atoms with Crippen molar-refractivity contribution >= 4 is 11.9 Å². The minimum absolute atomic E-state index is 0.0127. The van der Waals surface area contributed by atoms with E-state index in [9.17, 15) is 9.18 Å². The first-order chi connectivity index (χ1) is 12.2. The summed E-state index contributed by atoms with van der Waals surface area (Å²) >= 11 is 0. The van der Waals surface area contributed by atoms with Gasteiger partial charge in [0.05, 0.1) is 13.1 Å². The number of carbonyl (C=O) groups is 1. The van der Waals surface area contributed by atoms with Gasteiger partial charge in [0, 0.05) is 25.6 Å². The largest absolute Gasteiger partial charge is 0.492 e. The van der Waals surface area contributed by atoms with Crippen LogP contribution in [-0.4, -0.2) is 56.6 Å². The van der Waals surface area contributed by atoms with Crippen LogP contribution in [0.2, 0.25) is 0 Å². The summed E-state index contributed by atoms with van der Waals surface area (Å²) in [7, 11) is 1.92. The van der Waals surface area contributed by atoms with Gasteiger partial charge in [-0.15, -0.1) is 0 Å². The predicted molar refractivity (Wildman–Crippen MR) is 103 cm³/mol. The van der Waals surface area contributed by atoms with Crippen molar-refractivity contribution in [3.05, 3.63) is 30.1 Å². The molecule has 7 heteroatoms. The van der Waals surface area contributed by atoms with Crippen molar-refractivity contribution in [1.29, 1.82) is 0 Å². The van der Waals surface area contributed by atoms with E-state index in [2.05, 4.69) is 15.6 Å². The summed E-state index contributed by atoms with van der Waals surface area (Å²) in [5, 5.41) is 6.10. The molecule has 2 N–H and O–H groups in total. The molecule has 0 fully saturated rings. The number of guanidine groups is 1. The van der Waals surface area contributed by atoms with E-state index in [1.807, 2.05) is 39.6 Å². The van der Waals surface area contributed by atoms with E-state index >= 15 is 0 Å².